The molecule has 0 radical (unpaired) electrons. The lowest BCUT2D eigenvalue weighted by molar-refractivity contribution is 0.104. The molecule has 0 aliphatic heterocycles. The number of benzene rings is 3. The Hall–Kier alpha value is -3.73. The number of nitrogens with zero attached hydrogens (tertiary/aromatic N) is 2. The van der Waals surface area contributed by atoms with Crippen molar-refractivity contribution in [2.75, 3.05) is 12.4 Å². The molecule has 130 valence electrons. The van der Waals surface area contributed by atoms with E-state index >= 15 is 0 Å². The van der Waals surface area contributed by atoms with E-state index < -0.39 is 0 Å². The van der Waals surface area contributed by atoms with Crippen LogP contribution in [0.2, 0.25) is 0 Å². The number of methoxy groups -OCH3 is 1. The molecule has 5 rings (SSSR count). The van der Waals surface area contributed by atoms with E-state index in [2.05, 4.69) is 15.3 Å². The standard InChI is InChI=1S/C22H15N3O2/c1-27-14-8-6-13(7-9-14)25-18-11-10-17-19-20(18)22(26)16-5-3-2-4-15(16)21(19)24-12-23-17/h2-12,25H,1H3. The third-order valence-corrected chi connectivity index (χ3v) is 4.83. The summed E-state index contributed by atoms with van der Waals surface area (Å²) in [7, 11) is 1.63. The van der Waals surface area contributed by atoms with Crippen molar-refractivity contribution in [1.82, 2.24) is 9.97 Å². The molecule has 0 saturated carbocycles. The maximum Gasteiger partial charge on any atom is 0.196 e. The molecule has 0 amide bonds. The second kappa shape index (κ2) is 5.92. The molecule has 3 aromatic carbocycles. The Labute approximate surface area is 155 Å². The lowest BCUT2D eigenvalue weighted by Gasteiger charge is -2.21. The molecule has 27 heavy (non-hydrogen) atoms. The zero-order valence-electron chi connectivity index (χ0n) is 14.6. The summed E-state index contributed by atoms with van der Waals surface area (Å²) in [5.74, 6) is 0.760. The Kier molecular flexibility index (Phi) is 3.40. The van der Waals surface area contributed by atoms with E-state index in [1.165, 1.54) is 0 Å². The van der Waals surface area contributed by atoms with Crippen LogP contribution >= 0.6 is 0 Å². The predicted octanol–water partition coefficient (Wildman–Crippen LogP) is 4.59. The number of ketones is 1. The smallest absolute Gasteiger partial charge is 0.196 e. The number of carbonyl (C=O) groups is 1. The van der Waals surface area contributed by atoms with Gasteiger partial charge in [-0.3, -0.25) is 4.79 Å². The average molecular weight is 353 g/mol. The van der Waals surface area contributed by atoms with E-state index in [1.54, 1.807) is 13.4 Å². The molecule has 1 aliphatic rings. The summed E-state index contributed by atoms with van der Waals surface area (Å²) in [4.78, 5) is 22.1. The molecule has 0 saturated heterocycles. The second-order valence-corrected chi connectivity index (χ2v) is 6.33. The van der Waals surface area contributed by atoms with Crippen LogP contribution in [-0.2, 0) is 0 Å². The molecular weight excluding hydrogens is 338 g/mol. The van der Waals surface area contributed by atoms with Gasteiger partial charge in [-0.1, -0.05) is 24.3 Å². The van der Waals surface area contributed by atoms with Gasteiger partial charge in [-0.25, -0.2) is 9.97 Å². The Bertz CT molecular complexity index is 1200. The first-order chi connectivity index (χ1) is 13.3. The number of aromatic nitrogens is 2. The zero-order chi connectivity index (χ0) is 18.4. The number of nitrogens with one attached hydrogen (secondary N) is 1. The van der Waals surface area contributed by atoms with Crippen molar-refractivity contribution in [1.29, 1.82) is 0 Å². The van der Waals surface area contributed by atoms with Crippen LogP contribution in [0.15, 0.2) is 67.0 Å². The SMILES string of the molecule is COc1ccc(Nc2ccc3ncnc4c3c2C(=O)c2ccccc2-4)cc1. The highest BCUT2D eigenvalue weighted by Gasteiger charge is 2.28. The predicted molar refractivity (Wildman–Crippen MR) is 105 cm³/mol. The minimum Gasteiger partial charge on any atom is -0.497 e. The number of hydrogen-bond acceptors (Lipinski definition) is 5. The molecule has 0 unspecified atom stereocenters. The minimum atomic E-state index is -0.0190. The van der Waals surface area contributed by atoms with E-state index in [1.807, 2.05) is 60.7 Å². The quantitative estimate of drug-likeness (QED) is 0.514. The Morgan fingerprint density at radius 3 is 2.44 bits per heavy atom. The van der Waals surface area contributed by atoms with E-state index in [0.29, 0.717) is 11.1 Å². The third-order valence-electron chi connectivity index (χ3n) is 4.83. The van der Waals surface area contributed by atoms with Crippen molar-refractivity contribution in [2.24, 2.45) is 0 Å². The first-order valence-electron chi connectivity index (χ1n) is 8.59. The van der Waals surface area contributed by atoms with Gasteiger partial charge in [0, 0.05) is 22.2 Å². The first kappa shape index (κ1) is 15.5. The molecule has 0 atom stereocenters. The van der Waals surface area contributed by atoms with Crippen molar-refractivity contribution < 1.29 is 9.53 Å². The van der Waals surface area contributed by atoms with Gasteiger partial charge in [0.05, 0.1) is 29.6 Å². The number of anilines is 2. The number of fused-ring (bicyclic) bond motifs is 2. The van der Waals surface area contributed by atoms with Gasteiger partial charge in [0.1, 0.15) is 12.1 Å². The summed E-state index contributed by atoms with van der Waals surface area (Å²) in [5.41, 5.74) is 5.29. The van der Waals surface area contributed by atoms with Gasteiger partial charge in [-0.2, -0.15) is 0 Å². The molecule has 1 heterocycles. The van der Waals surface area contributed by atoms with Crippen molar-refractivity contribution in [3.8, 4) is 17.0 Å². The highest BCUT2D eigenvalue weighted by molar-refractivity contribution is 6.27. The second-order valence-electron chi connectivity index (χ2n) is 6.33. The van der Waals surface area contributed by atoms with Crippen molar-refractivity contribution >= 4 is 28.1 Å². The summed E-state index contributed by atoms with van der Waals surface area (Å²) in [6.45, 7) is 0. The summed E-state index contributed by atoms with van der Waals surface area (Å²) in [6, 6.07) is 19.0. The molecule has 1 aromatic heterocycles. The van der Waals surface area contributed by atoms with Gasteiger partial charge >= 0.3 is 0 Å². The van der Waals surface area contributed by atoms with Crippen LogP contribution in [0.25, 0.3) is 22.2 Å². The maximum absolute atomic E-state index is 13.3. The van der Waals surface area contributed by atoms with Crippen molar-refractivity contribution in [3.05, 3.63) is 78.1 Å². The van der Waals surface area contributed by atoms with Crippen LogP contribution in [0.1, 0.15) is 15.9 Å². The van der Waals surface area contributed by atoms with Crippen molar-refractivity contribution in [2.45, 2.75) is 0 Å². The van der Waals surface area contributed by atoms with Gasteiger partial charge in [-0.15, -0.1) is 0 Å². The molecule has 1 aliphatic carbocycles. The van der Waals surface area contributed by atoms with E-state index in [-0.39, 0.29) is 5.78 Å². The Balaban J connectivity index is 1.72. The minimum absolute atomic E-state index is 0.0190. The van der Waals surface area contributed by atoms with Gasteiger partial charge in [0.2, 0.25) is 0 Å². The van der Waals surface area contributed by atoms with E-state index in [4.69, 9.17) is 4.74 Å². The topological polar surface area (TPSA) is 64.1 Å². The number of ether oxygens (including phenoxy) is 1. The van der Waals surface area contributed by atoms with Crippen LogP contribution in [0.4, 0.5) is 11.4 Å². The third kappa shape index (κ3) is 2.36. The monoisotopic (exact) mass is 353 g/mol. The molecule has 0 spiro atoms. The summed E-state index contributed by atoms with van der Waals surface area (Å²) in [6.07, 6.45) is 1.55. The number of carbonyl (C=O) groups excluding carboxylic acids is 1. The highest BCUT2D eigenvalue weighted by Crippen LogP contribution is 2.40. The summed E-state index contributed by atoms with van der Waals surface area (Å²) >= 11 is 0. The lowest BCUT2D eigenvalue weighted by atomic mass is 9.86. The van der Waals surface area contributed by atoms with Gasteiger partial charge < -0.3 is 10.1 Å². The van der Waals surface area contributed by atoms with E-state index in [9.17, 15) is 4.79 Å². The van der Waals surface area contributed by atoms with Crippen molar-refractivity contribution in [3.63, 3.8) is 0 Å². The normalized spacial score (nSPS) is 12.0. The summed E-state index contributed by atoms with van der Waals surface area (Å²) in [5, 5.41) is 4.15. The first-order valence-corrected chi connectivity index (χ1v) is 8.59. The zero-order valence-corrected chi connectivity index (χ0v) is 14.6. The number of hydrogen-bond donors (Lipinski definition) is 1. The molecular formula is C22H15N3O2. The van der Waals surface area contributed by atoms with Crippen LogP contribution in [0.3, 0.4) is 0 Å². The molecule has 5 heteroatoms. The summed E-state index contributed by atoms with van der Waals surface area (Å²) < 4.78 is 5.20. The largest absolute Gasteiger partial charge is 0.497 e. The Morgan fingerprint density at radius 1 is 0.889 bits per heavy atom. The van der Waals surface area contributed by atoms with Crippen LogP contribution in [-0.4, -0.2) is 22.9 Å². The fourth-order valence-corrected chi connectivity index (χ4v) is 3.55. The molecule has 0 bridgehead atoms. The van der Waals surface area contributed by atoms with E-state index in [0.717, 1.165) is 39.3 Å². The van der Waals surface area contributed by atoms with Gasteiger partial charge in [-0.05, 0) is 36.4 Å². The fraction of sp³-hybridized carbons (Fsp3) is 0.0455. The van der Waals surface area contributed by atoms with Gasteiger partial charge in [0.15, 0.2) is 5.78 Å². The Morgan fingerprint density at radius 2 is 1.67 bits per heavy atom. The highest BCUT2D eigenvalue weighted by atomic mass is 16.5. The molecule has 1 N–H and O–H groups in total. The lowest BCUT2D eigenvalue weighted by Crippen LogP contribution is -2.13. The van der Waals surface area contributed by atoms with Crippen LogP contribution in [0, 0.1) is 0 Å². The van der Waals surface area contributed by atoms with Crippen LogP contribution in [0.5, 0.6) is 5.75 Å². The number of rotatable bonds is 3. The molecule has 0 fully saturated rings. The van der Waals surface area contributed by atoms with Crippen LogP contribution < -0.4 is 10.1 Å². The molecule has 4 aromatic rings. The fourth-order valence-electron chi connectivity index (χ4n) is 3.55. The van der Waals surface area contributed by atoms with Gasteiger partial charge in [0.25, 0.3) is 0 Å². The average Bonchev–Trinajstić information content (AvgIpc) is 2.73. The molecule has 5 nitrogen and oxygen atoms in total. The maximum atomic E-state index is 13.3.